The number of H-pyrrole nitrogens is 1. The molecule has 0 saturated carbocycles. The van der Waals surface area contributed by atoms with Crippen molar-refractivity contribution in [2.45, 2.75) is 19.6 Å². The lowest BCUT2D eigenvalue weighted by molar-refractivity contribution is 1.25. The molecule has 0 amide bonds. The van der Waals surface area contributed by atoms with Crippen molar-refractivity contribution in [3.05, 3.63) is 82.9 Å². The number of aromatic amines is 1. The quantitative estimate of drug-likeness (QED) is 0.275. The molecule has 0 aliphatic heterocycles. The van der Waals surface area contributed by atoms with Crippen molar-refractivity contribution >= 4 is 44.9 Å². The number of hydrogen-bond acceptors (Lipinski definition) is 3. The summed E-state index contributed by atoms with van der Waals surface area (Å²) >= 11 is 1.49. The number of nitrogens with one attached hydrogen (secondary N) is 1. The Labute approximate surface area is 168 Å². The zero-order valence-electron chi connectivity index (χ0n) is 15.9. The van der Waals surface area contributed by atoms with Crippen LogP contribution in [0.1, 0.15) is 22.3 Å². The van der Waals surface area contributed by atoms with E-state index in [0.717, 1.165) is 16.8 Å². The van der Waals surface area contributed by atoms with Gasteiger partial charge in [0, 0.05) is 27.6 Å². The van der Waals surface area contributed by atoms with Crippen molar-refractivity contribution < 1.29 is 0 Å². The van der Waals surface area contributed by atoms with Crippen LogP contribution in [0.15, 0.2) is 70.9 Å². The van der Waals surface area contributed by atoms with Crippen molar-refractivity contribution in [2.75, 3.05) is 0 Å². The fourth-order valence-electron chi connectivity index (χ4n) is 3.43. The van der Waals surface area contributed by atoms with E-state index in [1.54, 1.807) is 6.21 Å². The summed E-state index contributed by atoms with van der Waals surface area (Å²) in [5.74, 6) is 0.783. The molecule has 3 aromatic carbocycles. The molecule has 140 valence electrons. The lowest BCUT2D eigenvalue weighted by atomic mass is 9.99. The molecule has 28 heavy (non-hydrogen) atoms. The van der Waals surface area contributed by atoms with Crippen LogP contribution in [-0.4, -0.2) is 16.4 Å². The lowest BCUT2D eigenvalue weighted by Crippen LogP contribution is -2.06. The van der Waals surface area contributed by atoms with Gasteiger partial charge in [0.1, 0.15) is 0 Å². The molecule has 0 aliphatic carbocycles. The maximum Gasteiger partial charge on any atom is 0.180 e. The third kappa shape index (κ3) is 3.66. The average Bonchev–Trinajstić information content (AvgIpc) is 3.11. The highest BCUT2D eigenvalue weighted by Crippen LogP contribution is 2.31. The summed E-state index contributed by atoms with van der Waals surface area (Å²) in [4.78, 5) is 3.53. The summed E-state index contributed by atoms with van der Waals surface area (Å²) in [6, 6.07) is 20.7. The van der Waals surface area contributed by atoms with E-state index in [0.29, 0.717) is 5.17 Å². The van der Waals surface area contributed by atoms with Crippen LogP contribution in [0.2, 0.25) is 0 Å². The first-order valence-electron chi connectivity index (χ1n) is 9.17. The Morgan fingerprint density at radius 2 is 1.82 bits per heavy atom. The smallest absolute Gasteiger partial charge is 0.180 e. The molecular weight excluding hydrogens is 364 g/mol. The zero-order valence-corrected chi connectivity index (χ0v) is 16.8. The fourth-order valence-corrected chi connectivity index (χ4v) is 4.04. The van der Waals surface area contributed by atoms with Crippen LogP contribution in [0.4, 0.5) is 0 Å². The van der Waals surface area contributed by atoms with Gasteiger partial charge in [0.2, 0.25) is 0 Å². The molecule has 0 bridgehead atoms. The van der Waals surface area contributed by atoms with Crippen LogP contribution < -0.4 is 5.73 Å². The number of benzene rings is 3. The van der Waals surface area contributed by atoms with E-state index >= 15 is 0 Å². The number of nitrogens with zero attached hydrogens (tertiary/aromatic N) is 2. The number of aryl methyl sites for hydroxylation is 2. The summed E-state index contributed by atoms with van der Waals surface area (Å²) in [5.41, 5.74) is 13.0. The Morgan fingerprint density at radius 3 is 2.64 bits per heavy atom. The zero-order chi connectivity index (χ0) is 19.5. The standard InChI is InChI=1S/C23H22N4S/c1-15-12-18(13-25-27-23(24)28-14-17-8-4-3-5-9-17)16(2)21-19-10-6-7-11-20(19)26-22(15)21/h3-13,26H,14H2,1-2H3,(H2,24,27). The minimum atomic E-state index is 0.461. The highest BCUT2D eigenvalue weighted by molar-refractivity contribution is 8.13. The van der Waals surface area contributed by atoms with E-state index < -0.39 is 0 Å². The van der Waals surface area contributed by atoms with Gasteiger partial charge in [-0.3, -0.25) is 0 Å². The molecule has 5 heteroatoms. The van der Waals surface area contributed by atoms with Crippen LogP contribution in [-0.2, 0) is 5.75 Å². The highest BCUT2D eigenvalue weighted by Gasteiger charge is 2.11. The van der Waals surface area contributed by atoms with E-state index in [1.165, 1.54) is 44.7 Å². The topological polar surface area (TPSA) is 66.5 Å². The molecule has 4 aromatic rings. The number of amidine groups is 1. The molecule has 0 saturated heterocycles. The minimum absolute atomic E-state index is 0.461. The molecule has 1 heterocycles. The van der Waals surface area contributed by atoms with Crippen molar-refractivity contribution in [1.82, 2.24) is 4.98 Å². The Hall–Kier alpha value is -3.05. The first-order chi connectivity index (χ1) is 13.6. The lowest BCUT2D eigenvalue weighted by Gasteiger charge is -2.05. The largest absolute Gasteiger partial charge is 0.377 e. The first kappa shape index (κ1) is 18.3. The molecule has 0 spiro atoms. The van der Waals surface area contributed by atoms with E-state index in [2.05, 4.69) is 71.5 Å². The number of thioether (sulfide) groups is 1. The molecular formula is C23H22N4S. The van der Waals surface area contributed by atoms with Gasteiger partial charge >= 0.3 is 0 Å². The average molecular weight is 387 g/mol. The summed E-state index contributed by atoms with van der Waals surface area (Å²) in [5, 5.41) is 11.3. The van der Waals surface area contributed by atoms with Gasteiger partial charge in [0.25, 0.3) is 0 Å². The summed E-state index contributed by atoms with van der Waals surface area (Å²) in [6.45, 7) is 4.24. The van der Waals surface area contributed by atoms with Gasteiger partial charge in [0.15, 0.2) is 5.17 Å². The Bertz CT molecular complexity index is 1190. The summed E-state index contributed by atoms with van der Waals surface area (Å²) in [7, 11) is 0. The number of para-hydroxylation sites is 1. The van der Waals surface area contributed by atoms with Crippen molar-refractivity contribution in [2.24, 2.45) is 15.9 Å². The Morgan fingerprint density at radius 1 is 1.07 bits per heavy atom. The monoisotopic (exact) mass is 386 g/mol. The summed E-state index contributed by atoms with van der Waals surface area (Å²) < 4.78 is 0. The highest BCUT2D eigenvalue weighted by atomic mass is 32.2. The number of fused-ring (bicyclic) bond motifs is 3. The van der Waals surface area contributed by atoms with E-state index in [-0.39, 0.29) is 0 Å². The molecule has 1 aromatic heterocycles. The molecule has 3 N–H and O–H groups in total. The second-order valence-electron chi connectivity index (χ2n) is 6.79. The third-order valence-corrected chi connectivity index (χ3v) is 5.72. The van der Waals surface area contributed by atoms with Gasteiger partial charge < -0.3 is 10.7 Å². The van der Waals surface area contributed by atoms with Gasteiger partial charge in [-0.05, 0) is 48.2 Å². The molecule has 4 rings (SSSR count). The number of hydrogen-bond donors (Lipinski definition) is 2. The molecule has 0 unspecified atom stereocenters. The number of nitrogens with two attached hydrogens (primary N) is 1. The number of rotatable bonds is 4. The van der Waals surface area contributed by atoms with Crippen LogP contribution in [0.25, 0.3) is 21.8 Å². The van der Waals surface area contributed by atoms with Gasteiger partial charge in [-0.1, -0.05) is 60.3 Å². The van der Waals surface area contributed by atoms with Gasteiger partial charge in [-0.25, -0.2) is 0 Å². The fraction of sp³-hybridized carbons (Fsp3) is 0.130. The van der Waals surface area contributed by atoms with Crippen molar-refractivity contribution in [1.29, 1.82) is 0 Å². The van der Waals surface area contributed by atoms with E-state index in [9.17, 15) is 0 Å². The van der Waals surface area contributed by atoms with E-state index in [1.807, 2.05) is 18.2 Å². The third-order valence-electron chi connectivity index (χ3n) is 4.86. The molecule has 0 atom stereocenters. The second-order valence-corrected chi connectivity index (χ2v) is 7.78. The molecule has 0 fully saturated rings. The maximum atomic E-state index is 6.00. The predicted molar refractivity (Wildman–Crippen MR) is 122 cm³/mol. The van der Waals surface area contributed by atoms with Crippen LogP contribution in [0.3, 0.4) is 0 Å². The minimum Gasteiger partial charge on any atom is -0.377 e. The summed E-state index contributed by atoms with van der Waals surface area (Å²) in [6.07, 6.45) is 1.79. The molecule has 0 radical (unpaired) electrons. The Balaban J connectivity index is 1.59. The molecule has 4 nitrogen and oxygen atoms in total. The molecule has 0 aliphatic rings. The van der Waals surface area contributed by atoms with Crippen LogP contribution in [0.5, 0.6) is 0 Å². The van der Waals surface area contributed by atoms with Gasteiger partial charge in [-0.2, -0.15) is 5.10 Å². The van der Waals surface area contributed by atoms with Crippen LogP contribution in [0, 0.1) is 13.8 Å². The Kier molecular flexibility index (Phi) is 5.17. The van der Waals surface area contributed by atoms with Gasteiger partial charge in [0.05, 0.1) is 6.21 Å². The maximum absolute atomic E-state index is 6.00. The second kappa shape index (κ2) is 7.90. The number of aromatic nitrogens is 1. The van der Waals surface area contributed by atoms with E-state index in [4.69, 9.17) is 5.73 Å². The van der Waals surface area contributed by atoms with Gasteiger partial charge in [-0.15, -0.1) is 5.10 Å². The first-order valence-corrected chi connectivity index (χ1v) is 10.2. The normalized spacial score (nSPS) is 12.4. The predicted octanol–water partition coefficient (Wildman–Crippen LogP) is 5.52. The SMILES string of the molecule is Cc1cc(C=NN=C(N)SCc2ccccc2)c(C)c2c1[nH]c1ccccc12. The van der Waals surface area contributed by atoms with Crippen molar-refractivity contribution in [3.63, 3.8) is 0 Å². The van der Waals surface area contributed by atoms with Crippen LogP contribution >= 0.6 is 11.8 Å². The van der Waals surface area contributed by atoms with Crippen molar-refractivity contribution in [3.8, 4) is 0 Å².